The van der Waals surface area contributed by atoms with Crippen molar-refractivity contribution < 1.29 is 4.74 Å². The van der Waals surface area contributed by atoms with Crippen LogP contribution in [0, 0.1) is 0 Å². The van der Waals surface area contributed by atoms with E-state index in [2.05, 4.69) is 46.7 Å². The topological polar surface area (TPSA) is 12.5 Å². The van der Waals surface area contributed by atoms with Gasteiger partial charge in [0.05, 0.1) is 11.2 Å². The van der Waals surface area contributed by atoms with Gasteiger partial charge < -0.3 is 9.64 Å². The molecule has 1 aliphatic heterocycles. The molecule has 0 aromatic rings. The number of ether oxygens (including phenoxy) is 1. The van der Waals surface area contributed by atoms with Crippen LogP contribution in [0.2, 0.25) is 0 Å². The maximum Gasteiger partial charge on any atom is 0.0789 e. The fourth-order valence-electron chi connectivity index (χ4n) is 2.34. The zero-order valence-electron chi connectivity index (χ0n) is 9.14. The molecule has 1 heterocycles. The highest BCUT2D eigenvalue weighted by molar-refractivity contribution is 4.98. The molecular weight excluding hydrogens is 150 g/mol. The van der Waals surface area contributed by atoms with Gasteiger partial charge in [0.2, 0.25) is 0 Å². The minimum Gasteiger partial charge on any atom is -0.368 e. The fourth-order valence-corrected chi connectivity index (χ4v) is 2.34. The van der Waals surface area contributed by atoms with Gasteiger partial charge in [-0.25, -0.2) is 0 Å². The molecule has 0 saturated carbocycles. The summed E-state index contributed by atoms with van der Waals surface area (Å²) in [6.07, 6.45) is 1.12. The van der Waals surface area contributed by atoms with E-state index in [-0.39, 0.29) is 11.2 Å². The van der Waals surface area contributed by atoms with E-state index in [9.17, 15) is 0 Å². The summed E-state index contributed by atoms with van der Waals surface area (Å²) in [6.45, 7) is 8.68. The van der Waals surface area contributed by atoms with Gasteiger partial charge >= 0.3 is 0 Å². The Kier molecular flexibility index (Phi) is 2.26. The zero-order chi connectivity index (χ0) is 9.57. The van der Waals surface area contributed by atoms with Crippen LogP contribution in [0.5, 0.6) is 0 Å². The van der Waals surface area contributed by atoms with Crippen LogP contribution >= 0.6 is 0 Å². The predicted octanol–water partition coefficient (Wildman–Crippen LogP) is 1.89. The first kappa shape index (κ1) is 10.0. The van der Waals surface area contributed by atoms with Crippen LogP contribution in [0.1, 0.15) is 34.1 Å². The molecule has 1 unspecified atom stereocenters. The Labute approximate surface area is 75.9 Å². The highest BCUT2D eigenvalue weighted by Crippen LogP contribution is 2.39. The van der Waals surface area contributed by atoms with Crippen LogP contribution in [0.3, 0.4) is 0 Å². The molecule has 1 fully saturated rings. The lowest BCUT2D eigenvalue weighted by molar-refractivity contribution is -0.0769. The van der Waals surface area contributed by atoms with E-state index in [1.807, 2.05) is 0 Å². The molecule has 72 valence electrons. The van der Waals surface area contributed by atoms with Crippen molar-refractivity contribution in [2.75, 3.05) is 14.1 Å². The smallest absolute Gasteiger partial charge is 0.0789 e. The Morgan fingerprint density at radius 3 is 1.83 bits per heavy atom. The molecule has 2 nitrogen and oxygen atoms in total. The first-order chi connectivity index (χ1) is 5.25. The molecule has 0 aromatic carbocycles. The largest absolute Gasteiger partial charge is 0.368 e. The maximum absolute atomic E-state index is 5.97. The Morgan fingerprint density at radius 2 is 1.67 bits per heavy atom. The molecule has 1 aliphatic rings. The van der Waals surface area contributed by atoms with Gasteiger partial charge in [0.1, 0.15) is 0 Å². The van der Waals surface area contributed by atoms with Crippen molar-refractivity contribution in [3.63, 3.8) is 0 Å². The summed E-state index contributed by atoms with van der Waals surface area (Å²) in [5, 5.41) is 0. The predicted molar refractivity (Wildman–Crippen MR) is 51.3 cm³/mol. The molecule has 12 heavy (non-hydrogen) atoms. The SMILES string of the molecule is CN(C)C1CC(C)(C)OC1(C)C. The van der Waals surface area contributed by atoms with Crippen molar-refractivity contribution in [2.24, 2.45) is 0 Å². The van der Waals surface area contributed by atoms with E-state index < -0.39 is 0 Å². The van der Waals surface area contributed by atoms with Crippen molar-refractivity contribution in [3.05, 3.63) is 0 Å². The normalized spacial score (nSPS) is 32.8. The first-order valence-electron chi connectivity index (χ1n) is 4.61. The van der Waals surface area contributed by atoms with Gasteiger partial charge in [0.15, 0.2) is 0 Å². The number of hydrogen-bond donors (Lipinski definition) is 0. The molecule has 0 amide bonds. The molecule has 0 spiro atoms. The van der Waals surface area contributed by atoms with Gasteiger partial charge in [-0.15, -0.1) is 0 Å². The summed E-state index contributed by atoms with van der Waals surface area (Å²) < 4.78 is 5.97. The van der Waals surface area contributed by atoms with Gasteiger partial charge in [-0.05, 0) is 48.2 Å². The van der Waals surface area contributed by atoms with Crippen LogP contribution in [0.15, 0.2) is 0 Å². The lowest BCUT2D eigenvalue weighted by atomic mass is 9.94. The van der Waals surface area contributed by atoms with E-state index in [1.165, 1.54) is 0 Å². The third-order valence-electron chi connectivity index (χ3n) is 2.65. The van der Waals surface area contributed by atoms with Crippen LogP contribution in [0.4, 0.5) is 0 Å². The van der Waals surface area contributed by atoms with Crippen molar-refractivity contribution in [2.45, 2.75) is 51.4 Å². The van der Waals surface area contributed by atoms with Crippen LogP contribution in [-0.2, 0) is 4.74 Å². The van der Waals surface area contributed by atoms with E-state index >= 15 is 0 Å². The number of nitrogens with zero attached hydrogens (tertiary/aromatic N) is 1. The monoisotopic (exact) mass is 171 g/mol. The van der Waals surface area contributed by atoms with Crippen LogP contribution in [-0.4, -0.2) is 36.2 Å². The van der Waals surface area contributed by atoms with Crippen LogP contribution < -0.4 is 0 Å². The standard InChI is InChI=1S/C10H21NO/c1-9(2)7-8(11(5)6)10(3,4)12-9/h8H,7H2,1-6H3. The Bertz CT molecular complexity index is 173. The Hall–Kier alpha value is -0.0800. The second-order valence-corrected chi connectivity index (χ2v) is 5.15. The third-order valence-corrected chi connectivity index (χ3v) is 2.65. The van der Waals surface area contributed by atoms with Crippen molar-refractivity contribution in [3.8, 4) is 0 Å². The average Bonchev–Trinajstić information content (AvgIpc) is 1.99. The molecule has 0 aliphatic carbocycles. The minimum absolute atomic E-state index is 0.00694. The van der Waals surface area contributed by atoms with Crippen LogP contribution in [0.25, 0.3) is 0 Å². The van der Waals surface area contributed by atoms with Crippen molar-refractivity contribution >= 4 is 0 Å². The zero-order valence-corrected chi connectivity index (χ0v) is 9.14. The summed E-state index contributed by atoms with van der Waals surface area (Å²) in [4.78, 5) is 2.26. The minimum atomic E-state index is -0.00694. The van der Waals surface area contributed by atoms with Gasteiger partial charge in [-0.3, -0.25) is 0 Å². The second-order valence-electron chi connectivity index (χ2n) is 5.15. The maximum atomic E-state index is 5.97. The lowest BCUT2D eigenvalue weighted by Gasteiger charge is -2.31. The number of likely N-dealkylation sites (N-methyl/N-ethyl adjacent to an activating group) is 1. The van der Waals surface area contributed by atoms with Crippen molar-refractivity contribution in [1.29, 1.82) is 0 Å². The third kappa shape index (κ3) is 1.80. The molecule has 1 saturated heterocycles. The highest BCUT2D eigenvalue weighted by Gasteiger charge is 2.46. The first-order valence-corrected chi connectivity index (χ1v) is 4.61. The van der Waals surface area contributed by atoms with Gasteiger partial charge in [-0.1, -0.05) is 0 Å². The van der Waals surface area contributed by atoms with Gasteiger partial charge in [-0.2, -0.15) is 0 Å². The Morgan fingerprint density at radius 1 is 1.17 bits per heavy atom. The van der Waals surface area contributed by atoms with Gasteiger partial charge in [0.25, 0.3) is 0 Å². The molecule has 2 heteroatoms. The van der Waals surface area contributed by atoms with E-state index in [0.717, 1.165) is 6.42 Å². The average molecular weight is 171 g/mol. The molecule has 1 rings (SSSR count). The molecule has 1 atom stereocenters. The fraction of sp³-hybridized carbons (Fsp3) is 1.00. The number of rotatable bonds is 1. The van der Waals surface area contributed by atoms with Crippen molar-refractivity contribution in [1.82, 2.24) is 4.90 Å². The molecule has 0 bridgehead atoms. The summed E-state index contributed by atoms with van der Waals surface area (Å²) in [5.41, 5.74) is 0.0332. The van der Waals surface area contributed by atoms with Gasteiger partial charge in [0, 0.05) is 6.04 Å². The summed E-state index contributed by atoms with van der Waals surface area (Å²) in [5.74, 6) is 0. The molecule has 0 radical (unpaired) electrons. The quantitative estimate of drug-likeness (QED) is 0.597. The molecule has 0 N–H and O–H groups in total. The van der Waals surface area contributed by atoms with E-state index in [0.29, 0.717) is 6.04 Å². The molecular formula is C10H21NO. The summed E-state index contributed by atoms with van der Waals surface area (Å²) >= 11 is 0. The second kappa shape index (κ2) is 2.71. The Balaban J connectivity index is 2.78. The number of hydrogen-bond acceptors (Lipinski definition) is 2. The molecule has 0 aromatic heterocycles. The van der Waals surface area contributed by atoms with E-state index in [1.54, 1.807) is 0 Å². The van der Waals surface area contributed by atoms with E-state index in [4.69, 9.17) is 4.74 Å². The summed E-state index contributed by atoms with van der Waals surface area (Å²) in [6, 6.07) is 0.535. The highest BCUT2D eigenvalue weighted by atomic mass is 16.5. The lowest BCUT2D eigenvalue weighted by Crippen LogP contribution is -2.42. The summed E-state index contributed by atoms with van der Waals surface area (Å²) in [7, 11) is 4.24.